The van der Waals surface area contributed by atoms with E-state index in [-0.39, 0.29) is 5.82 Å². The first-order valence-corrected chi connectivity index (χ1v) is 7.86. The number of benzene rings is 2. The van der Waals surface area contributed by atoms with Gasteiger partial charge in [-0.25, -0.2) is 4.39 Å². The molecule has 1 aromatic heterocycles. The monoisotopic (exact) mass is 408 g/mol. The fourth-order valence-corrected chi connectivity index (χ4v) is 3.00. The zero-order valence-corrected chi connectivity index (χ0v) is 14.1. The van der Waals surface area contributed by atoms with Gasteiger partial charge in [0.2, 0.25) is 0 Å². The Hall–Kier alpha value is -1.89. The predicted molar refractivity (Wildman–Crippen MR) is 92.4 cm³/mol. The Morgan fingerprint density at radius 3 is 2.55 bits per heavy atom. The van der Waals surface area contributed by atoms with Crippen LogP contribution >= 0.6 is 22.6 Å². The van der Waals surface area contributed by atoms with Gasteiger partial charge in [0.1, 0.15) is 11.6 Å². The summed E-state index contributed by atoms with van der Waals surface area (Å²) in [4.78, 5) is 0. The molecular weight excluding hydrogens is 394 g/mol. The molecule has 22 heavy (non-hydrogen) atoms. The topological polar surface area (TPSA) is 27.1 Å². The average molecular weight is 408 g/mol. The summed E-state index contributed by atoms with van der Waals surface area (Å²) in [5, 5.41) is 4.38. The maximum absolute atomic E-state index is 14.1. The number of hydrogen-bond acceptors (Lipinski definition) is 2. The van der Waals surface area contributed by atoms with Crippen LogP contribution < -0.4 is 4.74 Å². The van der Waals surface area contributed by atoms with Crippen LogP contribution in [0.15, 0.2) is 54.7 Å². The highest BCUT2D eigenvalue weighted by Crippen LogP contribution is 2.28. The van der Waals surface area contributed by atoms with E-state index in [1.54, 1.807) is 25.4 Å². The summed E-state index contributed by atoms with van der Waals surface area (Å²) in [6.07, 6.45) is 1.76. The number of hydrogen-bond donors (Lipinski definition) is 0. The largest absolute Gasteiger partial charge is 0.497 e. The minimum atomic E-state index is -0.239. The average Bonchev–Trinajstić information content (AvgIpc) is 2.89. The number of ether oxygens (including phenoxy) is 1. The third-order valence-electron chi connectivity index (χ3n) is 3.42. The molecule has 3 nitrogen and oxygen atoms in total. The molecule has 0 spiro atoms. The molecule has 0 aliphatic carbocycles. The van der Waals surface area contributed by atoms with E-state index in [1.807, 2.05) is 35.0 Å². The fraction of sp³-hybridized carbons (Fsp3) is 0.118. The summed E-state index contributed by atoms with van der Waals surface area (Å²) in [6, 6.07) is 14.6. The quantitative estimate of drug-likeness (QED) is 0.601. The molecule has 112 valence electrons. The lowest BCUT2D eigenvalue weighted by Gasteiger charge is -2.10. The van der Waals surface area contributed by atoms with Gasteiger partial charge in [0.15, 0.2) is 0 Å². The van der Waals surface area contributed by atoms with Crippen LogP contribution in [0.1, 0.15) is 5.56 Å². The van der Waals surface area contributed by atoms with Gasteiger partial charge in [-0.3, -0.25) is 4.68 Å². The van der Waals surface area contributed by atoms with Crippen LogP contribution in [0.2, 0.25) is 0 Å². The third-order valence-corrected chi connectivity index (χ3v) is 4.20. The number of nitrogens with zero attached hydrogens (tertiary/aromatic N) is 2. The van der Waals surface area contributed by atoms with Crippen molar-refractivity contribution in [3.8, 4) is 17.0 Å². The van der Waals surface area contributed by atoms with Crippen LogP contribution in [-0.2, 0) is 6.54 Å². The molecule has 3 aromatic rings. The first kappa shape index (κ1) is 15.0. The van der Waals surface area contributed by atoms with Crippen molar-refractivity contribution in [1.82, 2.24) is 9.78 Å². The summed E-state index contributed by atoms with van der Waals surface area (Å²) in [5.41, 5.74) is 2.45. The van der Waals surface area contributed by atoms with Gasteiger partial charge >= 0.3 is 0 Å². The summed E-state index contributed by atoms with van der Waals surface area (Å²) < 4.78 is 22.0. The van der Waals surface area contributed by atoms with E-state index >= 15 is 0 Å². The molecule has 1 heterocycles. The van der Waals surface area contributed by atoms with E-state index in [9.17, 15) is 4.39 Å². The van der Waals surface area contributed by atoms with Crippen molar-refractivity contribution >= 4 is 22.6 Å². The van der Waals surface area contributed by atoms with Crippen molar-refractivity contribution in [3.63, 3.8) is 0 Å². The second kappa shape index (κ2) is 6.48. The summed E-state index contributed by atoms with van der Waals surface area (Å²) >= 11 is 2.19. The van der Waals surface area contributed by atoms with Crippen molar-refractivity contribution in [2.75, 3.05) is 7.11 Å². The second-order valence-electron chi connectivity index (χ2n) is 4.83. The summed E-state index contributed by atoms with van der Waals surface area (Å²) in [5.74, 6) is 0.574. The molecule has 0 aliphatic heterocycles. The first-order chi connectivity index (χ1) is 10.7. The molecule has 0 saturated heterocycles. The Kier molecular flexibility index (Phi) is 4.42. The number of methoxy groups -OCH3 is 1. The number of rotatable bonds is 4. The van der Waals surface area contributed by atoms with Gasteiger partial charge < -0.3 is 4.74 Å². The standard InChI is InChI=1S/C17H14FIN2O/c1-22-13-8-6-12(7-9-13)11-21-17(16(19)10-20-21)14-4-2-3-5-15(14)18/h2-10H,11H2,1H3. The molecule has 0 unspecified atom stereocenters. The van der Waals surface area contributed by atoms with Crippen molar-refractivity contribution in [1.29, 1.82) is 0 Å². The SMILES string of the molecule is COc1ccc(Cn2ncc(I)c2-c2ccccc2F)cc1. The van der Waals surface area contributed by atoms with E-state index in [0.29, 0.717) is 12.1 Å². The smallest absolute Gasteiger partial charge is 0.132 e. The van der Waals surface area contributed by atoms with Gasteiger partial charge in [-0.05, 0) is 52.4 Å². The molecule has 0 saturated carbocycles. The van der Waals surface area contributed by atoms with E-state index in [0.717, 1.165) is 20.6 Å². The lowest BCUT2D eigenvalue weighted by atomic mass is 10.1. The predicted octanol–water partition coefficient (Wildman–Crippen LogP) is 4.35. The van der Waals surface area contributed by atoms with Crippen LogP contribution in [0.3, 0.4) is 0 Å². The molecular formula is C17H14FIN2O. The molecule has 5 heteroatoms. The van der Waals surface area contributed by atoms with Crippen LogP contribution in [-0.4, -0.2) is 16.9 Å². The van der Waals surface area contributed by atoms with Crippen molar-refractivity contribution in [2.45, 2.75) is 6.54 Å². The van der Waals surface area contributed by atoms with Gasteiger partial charge in [-0.15, -0.1) is 0 Å². The van der Waals surface area contributed by atoms with E-state index < -0.39 is 0 Å². The Bertz CT molecular complexity index is 784. The second-order valence-corrected chi connectivity index (χ2v) is 5.99. The molecule has 2 aromatic carbocycles. The lowest BCUT2D eigenvalue weighted by molar-refractivity contribution is 0.414. The zero-order chi connectivity index (χ0) is 15.5. The summed E-state index contributed by atoms with van der Waals surface area (Å²) in [7, 11) is 1.64. The molecule has 0 N–H and O–H groups in total. The van der Waals surface area contributed by atoms with E-state index in [4.69, 9.17) is 4.74 Å². The van der Waals surface area contributed by atoms with Gasteiger partial charge in [-0.2, -0.15) is 5.10 Å². The van der Waals surface area contributed by atoms with Crippen LogP contribution in [0.4, 0.5) is 4.39 Å². The minimum absolute atomic E-state index is 0.239. The first-order valence-electron chi connectivity index (χ1n) is 6.78. The molecule has 0 atom stereocenters. The molecule has 0 fully saturated rings. The van der Waals surface area contributed by atoms with Gasteiger partial charge in [0.25, 0.3) is 0 Å². The Morgan fingerprint density at radius 1 is 1.14 bits per heavy atom. The molecule has 0 amide bonds. The minimum Gasteiger partial charge on any atom is -0.497 e. The van der Waals surface area contributed by atoms with Gasteiger partial charge in [0, 0.05) is 5.56 Å². The van der Waals surface area contributed by atoms with Crippen LogP contribution in [0, 0.1) is 9.39 Å². The molecule has 3 rings (SSSR count). The number of halogens is 2. The summed E-state index contributed by atoms with van der Waals surface area (Å²) in [6.45, 7) is 0.580. The maximum atomic E-state index is 14.1. The number of aromatic nitrogens is 2. The van der Waals surface area contributed by atoms with Crippen LogP contribution in [0.25, 0.3) is 11.3 Å². The highest BCUT2D eigenvalue weighted by atomic mass is 127. The van der Waals surface area contributed by atoms with Crippen molar-refractivity contribution < 1.29 is 9.13 Å². The Balaban J connectivity index is 1.97. The highest BCUT2D eigenvalue weighted by Gasteiger charge is 2.14. The fourth-order valence-electron chi connectivity index (χ4n) is 2.31. The van der Waals surface area contributed by atoms with Gasteiger partial charge in [-0.1, -0.05) is 24.3 Å². The lowest BCUT2D eigenvalue weighted by Crippen LogP contribution is -2.05. The highest BCUT2D eigenvalue weighted by molar-refractivity contribution is 14.1. The zero-order valence-electron chi connectivity index (χ0n) is 12.0. The van der Waals surface area contributed by atoms with E-state index in [2.05, 4.69) is 27.7 Å². The van der Waals surface area contributed by atoms with Crippen molar-refractivity contribution in [3.05, 3.63) is 69.7 Å². The van der Waals surface area contributed by atoms with E-state index in [1.165, 1.54) is 6.07 Å². The Labute approximate surface area is 141 Å². The maximum Gasteiger partial charge on any atom is 0.132 e. The van der Waals surface area contributed by atoms with Crippen molar-refractivity contribution in [2.24, 2.45) is 0 Å². The molecule has 0 aliphatic rings. The Morgan fingerprint density at radius 2 is 1.86 bits per heavy atom. The molecule has 0 bridgehead atoms. The van der Waals surface area contributed by atoms with Gasteiger partial charge in [0.05, 0.1) is 29.1 Å². The molecule has 0 radical (unpaired) electrons. The normalized spacial score (nSPS) is 10.7. The third kappa shape index (κ3) is 2.99. The van der Waals surface area contributed by atoms with Crippen LogP contribution in [0.5, 0.6) is 5.75 Å².